The molecule has 0 aliphatic heterocycles. The Morgan fingerprint density at radius 2 is 1.95 bits per heavy atom. The van der Waals surface area contributed by atoms with Gasteiger partial charge in [0.25, 0.3) is 0 Å². The Balaban J connectivity index is 1.91. The fourth-order valence-corrected chi connectivity index (χ4v) is 2.26. The Kier molecular flexibility index (Phi) is 3.35. The molecule has 0 saturated heterocycles. The minimum Gasteiger partial charge on any atom is -0.382 e. The average Bonchev–Trinajstić information content (AvgIpc) is 2.84. The largest absolute Gasteiger partial charge is 0.382 e. The molecule has 2 aromatic heterocycles. The van der Waals surface area contributed by atoms with Crippen LogP contribution in [-0.2, 0) is 6.54 Å². The molecule has 0 fully saturated rings. The topological polar surface area (TPSA) is 86.7 Å². The first-order valence-corrected chi connectivity index (χ1v) is 6.93. The quantitative estimate of drug-likeness (QED) is 0.555. The minimum absolute atomic E-state index is 0.00196. The summed E-state index contributed by atoms with van der Waals surface area (Å²) < 4.78 is 2.76. The number of halogens is 1. The zero-order valence-electron chi connectivity index (χ0n) is 10.3. The maximum absolute atomic E-state index is 12.2. The molecule has 0 atom stereocenters. The molecule has 7 heteroatoms. The fraction of sp³-hybridized carbons (Fsp3) is 0.0769. The van der Waals surface area contributed by atoms with Crippen molar-refractivity contribution in [1.82, 2.24) is 19.5 Å². The van der Waals surface area contributed by atoms with Gasteiger partial charge in [0.15, 0.2) is 17.2 Å². The molecule has 0 amide bonds. The summed E-state index contributed by atoms with van der Waals surface area (Å²) in [5.41, 5.74) is 7.46. The number of hydrogen-bond donors (Lipinski definition) is 1. The van der Waals surface area contributed by atoms with Crippen molar-refractivity contribution in [2.45, 2.75) is 6.54 Å². The number of fused-ring (bicyclic) bond motifs is 1. The van der Waals surface area contributed by atoms with Crippen molar-refractivity contribution in [3.8, 4) is 0 Å². The van der Waals surface area contributed by atoms with Crippen LogP contribution in [0.25, 0.3) is 11.2 Å². The van der Waals surface area contributed by atoms with E-state index in [0.29, 0.717) is 22.5 Å². The third kappa shape index (κ3) is 2.36. The molecule has 0 spiro atoms. The van der Waals surface area contributed by atoms with E-state index in [0.717, 1.165) is 3.57 Å². The number of hydrogen-bond acceptors (Lipinski definition) is 5. The van der Waals surface area contributed by atoms with Gasteiger partial charge in [0, 0.05) is 9.13 Å². The van der Waals surface area contributed by atoms with Crippen LogP contribution in [-0.4, -0.2) is 25.3 Å². The predicted molar refractivity (Wildman–Crippen MR) is 83.2 cm³/mol. The number of carbonyl (C=O) groups is 1. The second-order valence-electron chi connectivity index (χ2n) is 4.23. The highest BCUT2D eigenvalue weighted by atomic mass is 127. The first-order valence-electron chi connectivity index (χ1n) is 5.85. The first-order chi connectivity index (χ1) is 9.65. The molecule has 1 aromatic carbocycles. The molecule has 0 unspecified atom stereocenters. The number of benzene rings is 1. The zero-order valence-corrected chi connectivity index (χ0v) is 12.5. The standard InChI is InChI=1S/C13H10IN5O/c14-9-3-1-8(2-4-9)10(20)5-19-7-18-11-12(15)16-6-17-13(11)19/h1-4,6-7H,5H2,(H2,15,16,17). The van der Waals surface area contributed by atoms with Gasteiger partial charge >= 0.3 is 0 Å². The number of anilines is 1. The molecule has 0 bridgehead atoms. The van der Waals surface area contributed by atoms with Gasteiger partial charge in [-0.05, 0) is 34.7 Å². The summed E-state index contributed by atoms with van der Waals surface area (Å²) in [6.45, 7) is 0.174. The van der Waals surface area contributed by atoms with Gasteiger partial charge in [0.05, 0.1) is 12.9 Å². The summed E-state index contributed by atoms with van der Waals surface area (Å²) in [6.07, 6.45) is 2.92. The number of rotatable bonds is 3. The first kappa shape index (κ1) is 13.0. The Bertz CT molecular complexity index is 781. The molecule has 0 radical (unpaired) electrons. The maximum Gasteiger partial charge on any atom is 0.182 e. The lowest BCUT2D eigenvalue weighted by Gasteiger charge is -2.03. The lowest BCUT2D eigenvalue weighted by atomic mass is 10.1. The Labute approximate surface area is 128 Å². The summed E-state index contributed by atoms with van der Waals surface area (Å²) in [5, 5.41) is 0. The molecular weight excluding hydrogens is 369 g/mol. The van der Waals surface area contributed by atoms with E-state index in [9.17, 15) is 4.79 Å². The summed E-state index contributed by atoms with van der Waals surface area (Å²) in [4.78, 5) is 24.4. The number of nitrogens with two attached hydrogens (primary N) is 1. The van der Waals surface area contributed by atoms with Gasteiger partial charge in [-0.2, -0.15) is 0 Å². The van der Waals surface area contributed by atoms with Gasteiger partial charge in [-0.1, -0.05) is 12.1 Å². The van der Waals surface area contributed by atoms with E-state index in [2.05, 4.69) is 37.5 Å². The van der Waals surface area contributed by atoms with Crippen LogP contribution in [0.3, 0.4) is 0 Å². The summed E-state index contributed by atoms with van der Waals surface area (Å²) in [6, 6.07) is 7.43. The second-order valence-corrected chi connectivity index (χ2v) is 5.48. The number of Topliss-reactive ketones (excluding diaryl/α,β-unsaturated/α-hetero) is 1. The molecule has 0 aliphatic rings. The molecular formula is C13H10IN5O. The van der Waals surface area contributed by atoms with Gasteiger partial charge in [-0.15, -0.1) is 0 Å². The van der Waals surface area contributed by atoms with Crippen molar-refractivity contribution in [2.24, 2.45) is 0 Å². The van der Waals surface area contributed by atoms with Crippen LogP contribution in [0.4, 0.5) is 5.82 Å². The van der Waals surface area contributed by atoms with Crippen LogP contribution in [0.2, 0.25) is 0 Å². The number of ketones is 1. The third-order valence-corrected chi connectivity index (χ3v) is 3.63. The van der Waals surface area contributed by atoms with E-state index in [1.54, 1.807) is 10.9 Å². The van der Waals surface area contributed by atoms with Gasteiger partial charge in [0.2, 0.25) is 0 Å². The predicted octanol–water partition coefficient (Wildman–Crippen LogP) is 1.90. The Hall–Kier alpha value is -2.03. The Morgan fingerprint density at radius 1 is 1.20 bits per heavy atom. The average molecular weight is 379 g/mol. The molecule has 2 heterocycles. The summed E-state index contributed by atoms with van der Waals surface area (Å²) >= 11 is 2.20. The van der Waals surface area contributed by atoms with Crippen LogP contribution in [0.5, 0.6) is 0 Å². The zero-order chi connectivity index (χ0) is 14.1. The molecule has 0 saturated carbocycles. The molecule has 20 heavy (non-hydrogen) atoms. The monoisotopic (exact) mass is 379 g/mol. The number of nitrogens with zero attached hydrogens (tertiary/aromatic N) is 4. The van der Waals surface area contributed by atoms with E-state index in [1.165, 1.54) is 6.33 Å². The van der Waals surface area contributed by atoms with Crippen LogP contribution < -0.4 is 5.73 Å². The number of imidazole rings is 1. The summed E-state index contributed by atoms with van der Waals surface area (Å²) in [5.74, 6) is 0.313. The smallest absolute Gasteiger partial charge is 0.182 e. The van der Waals surface area contributed by atoms with E-state index in [4.69, 9.17) is 5.73 Å². The van der Waals surface area contributed by atoms with Crippen molar-refractivity contribution in [3.63, 3.8) is 0 Å². The third-order valence-electron chi connectivity index (χ3n) is 2.91. The SMILES string of the molecule is Nc1ncnc2c1ncn2CC(=O)c1ccc(I)cc1. The number of carbonyl (C=O) groups excluding carboxylic acids is 1. The molecule has 100 valence electrons. The Morgan fingerprint density at radius 3 is 2.70 bits per heavy atom. The molecule has 3 aromatic rings. The fourth-order valence-electron chi connectivity index (χ4n) is 1.90. The van der Waals surface area contributed by atoms with Gasteiger partial charge < -0.3 is 10.3 Å². The van der Waals surface area contributed by atoms with Crippen LogP contribution in [0.15, 0.2) is 36.9 Å². The van der Waals surface area contributed by atoms with Crippen LogP contribution in [0.1, 0.15) is 10.4 Å². The van der Waals surface area contributed by atoms with E-state index >= 15 is 0 Å². The molecule has 3 rings (SSSR count). The maximum atomic E-state index is 12.2. The van der Waals surface area contributed by atoms with Gasteiger partial charge in [-0.3, -0.25) is 4.79 Å². The molecule has 2 N–H and O–H groups in total. The second kappa shape index (κ2) is 5.16. The van der Waals surface area contributed by atoms with Crippen molar-refractivity contribution < 1.29 is 4.79 Å². The highest BCUT2D eigenvalue weighted by Gasteiger charge is 2.12. The number of nitrogen functional groups attached to an aromatic ring is 1. The highest BCUT2D eigenvalue weighted by molar-refractivity contribution is 14.1. The lowest BCUT2D eigenvalue weighted by molar-refractivity contribution is 0.0973. The van der Waals surface area contributed by atoms with Crippen LogP contribution >= 0.6 is 22.6 Å². The normalized spacial score (nSPS) is 10.8. The van der Waals surface area contributed by atoms with Gasteiger partial charge in [0.1, 0.15) is 11.8 Å². The van der Waals surface area contributed by atoms with E-state index in [-0.39, 0.29) is 12.3 Å². The lowest BCUT2D eigenvalue weighted by Crippen LogP contribution is -2.10. The van der Waals surface area contributed by atoms with Gasteiger partial charge in [-0.25, -0.2) is 15.0 Å². The van der Waals surface area contributed by atoms with Crippen molar-refractivity contribution in [2.75, 3.05) is 5.73 Å². The van der Waals surface area contributed by atoms with E-state index in [1.807, 2.05) is 24.3 Å². The molecule has 6 nitrogen and oxygen atoms in total. The van der Waals surface area contributed by atoms with E-state index < -0.39 is 0 Å². The highest BCUT2D eigenvalue weighted by Crippen LogP contribution is 2.15. The number of aromatic nitrogens is 4. The molecule has 0 aliphatic carbocycles. The van der Waals surface area contributed by atoms with Crippen molar-refractivity contribution in [3.05, 3.63) is 46.1 Å². The summed E-state index contributed by atoms with van der Waals surface area (Å²) in [7, 11) is 0. The van der Waals surface area contributed by atoms with Crippen molar-refractivity contribution >= 4 is 45.4 Å². The minimum atomic E-state index is -0.00196. The van der Waals surface area contributed by atoms with Crippen LogP contribution in [0, 0.1) is 3.57 Å². The van der Waals surface area contributed by atoms with Crippen molar-refractivity contribution in [1.29, 1.82) is 0 Å².